The van der Waals surface area contributed by atoms with Gasteiger partial charge in [0.2, 0.25) is 5.91 Å². The Morgan fingerprint density at radius 1 is 1.27 bits per heavy atom. The van der Waals surface area contributed by atoms with Crippen molar-refractivity contribution in [3.05, 3.63) is 42.0 Å². The van der Waals surface area contributed by atoms with E-state index in [2.05, 4.69) is 5.32 Å². The molecule has 0 saturated heterocycles. The average Bonchev–Trinajstić information content (AvgIpc) is 3.32. The lowest BCUT2D eigenvalue weighted by Crippen LogP contribution is -2.43. The third-order valence-corrected chi connectivity index (χ3v) is 4.67. The van der Waals surface area contributed by atoms with Gasteiger partial charge in [0.1, 0.15) is 6.54 Å². The second-order valence-corrected chi connectivity index (χ2v) is 6.27. The van der Waals surface area contributed by atoms with Crippen molar-refractivity contribution in [1.29, 1.82) is 0 Å². The van der Waals surface area contributed by atoms with Crippen LogP contribution in [0.4, 0.5) is 5.69 Å². The van der Waals surface area contributed by atoms with E-state index in [9.17, 15) is 9.59 Å². The second kappa shape index (κ2) is 4.83. The van der Waals surface area contributed by atoms with E-state index in [1.807, 2.05) is 43.3 Å². The van der Waals surface area contributed by atoms with Crippen molar-refractivity contribution in [2.24, 2.45) is 5.92 Å². The standard InChI is InChI=1S/C18H18N2O2/c1-11(12-8-9-12)19-16(21)10-20-15-7-3-5-13-4-2-6-14(17(13)15)18(20)22/h2-7,11-12H,8-10H2,1H3,(H,19,21). The van der Waals surface area contributed by atoms with Crippen molar-refractivity contribution >= 4 is 28.3 Å². The van der Waals surface area contributed by atoms with Gasteiger partial charge in [-0.25, -0.2) is 0 Å². The summed E-state index contributed by atoms with van der Waals surface area (Å²) in [7, 11) is 0. The summed E-state index contributed by atoms with van der Waals surface area (Å²) in [4.78, 5) is 26.4. The van der Waals surface area contributed by atoms with Crippen molar-refractivity contribution in [3.63, 3.8) is 0 Å². The van der Waals surface area contributed by atoms with Crippen molar-refractivity contribution < 1.29 is 9.59 Å². The zero-order chi connectivity index (χ0) is 15.3. The van der Waals surface area contributed by atoms with Crippen molar-refractivity contribution in [3.8, 4) is 0 Å². The van der Waals surface area contributed by atoms with Gasteiger partial charge in [-0.05, 0) is 43.2 Å². The fraction of sp³-hybridized carbons (Fsp3) is 0.333. The summed E-state index contributed by atoms with van der Waals surface area (Å²) in [6.45, 7) is 2.13. The molecule has 1 unspecified atom stereocenters. The molecule has 22 heavy (non-hydrogen) atoms. The van der Waals surface area contributed by atoms with Crippen LogP contribution in [0.15, 0.2) is 36.4 Å². The molecule has 1 saturated carbocycles. The average molecular weight is 294 g/mol. The van der Waals surface area contributed by atoms with E-state index in [1.54, 1.807) is 4.90 Å². The molecule has 4 heteroatoms. The van der Waals surface area contributed by atoms with Gasteiger partial charge in [0.05, 0.1) is 5.69 Å². The lowest BCUT2D eigenvalue weighted by molar-refractivity contribution is -0.120. The SMILES string of the molecule is CC(NC(=O)CN1C(=O)c2cccc3cccc1c23)C1CC1. The third kappa shape index (κ3) is 2.06. The zero-order valence-electron chi connectivity index (χ0n) is 12.5. The van der Waals surface area contributed by atoms with E-state index < -0.39 is 0 Å². The molecule has 2 amide bonds. The topological polar surface area (TPSA) is 49.4 Å². The van der Waals surface area contributed by atoms with Gasteiger partial charge >= 0.3 is 0 Å². The van der Waals surface area contributed by atoms with Gasteiger partial charge < -0.3 is 5.32 Å². The Morgan fingerprint density at radius 2 is 2.00 bits per heavy atom. The Morgan fingerprint density at radius 3 is 2.73 bits per heavy atom. The Balaban J connectivity index is 1.60. The summed E-state index contributed by atoms with van der Waals surface area (Å²) in [6, 6.07) is 11.7. The molecule has 1 heterocycles. The van der Waals surface area contributed by atoms with Gasteiger partial charge in [0.15, 0.2) is 0 Å². The predicted molar refractivity (Wildman–Crippen MR) is 86.0 cm³/mol. The minimum absolute atomic E-state index is 0.0824. The fourth-order valence-electron chi connectivity index (χ4n) is 3.29. The van der Waals surface area contributed by atoms with E-state index in [-0.39, 0.29) is 24.4 Å². The van der Waals surface area contributed by atoms with Gasteiger partial charge in [-0.1, -0.05) is 24.3 Å². The van der Waals surface area contributed by atoms with Crippen LogP contribution in [0.2, 0.25) is 0 Å². The highest BCUT2D eigenvalue weighted by Gasteiger charge is 2.33. The first-order chi connectivity index (χ1) is 10.6. The molecule has 1 aliphatic heterocycles. The first-order valence-corrected chi connectivity index (χ1v) is 7.78. The molecule has 1 fully saturated rings. The Hall–Kier alpha value is -2.36. The van der Waals surface area contributed by atoms with E-state index in [0.29, 0.717) is 11.5 Å². The number of carbonyl (C=O) groups excluding carboxylic acids is 2. The first kappa shape index (κ1) is 13.3. The molecular weight excluding hydrogens is 276 g/mol. The normalized spacial score (nSPS) is 17.9. The molecule has 0 bridgehead atoms. The number of rotatable bonds is 4. The van der Waals surface area contributed by atoms with Crippen LogP contribution in [0.25, 0.3) is 10.8 Å². The molecule has 1 aliphatic carbocycles. The smallest absolute Gasteiger partial charge is 0.259 e. The summed E-state index contributed by atoms with van der Waals surface area (Å²) in [5.41, 5.74) is 1.53. The molecule has 0 radical (unpaired) electrons. The number of benzene rings is 2. The quantitative estimate of drug-likeness (QED) is 0.942. The van der Waals surface area contributed by atoms with Crippen molar-refractivity contribution in [2.45, 2.75) is 25.8 Å². The Bertz CT molecular complexity index is 775. The molecule has 1 atom stereocenters. The molecular formula is C18H18N2O2. The highest BCUT2D eigenvalue weighted by Crippen LogP contribution is 2.37. The number of hydrogen-bond donors (Lipinski definition) is 1. The monoisotopic (exact) mass is 294 g/mol. The summed E-state index contributed by atoms with van der Waals surface area (Å²) in [5, 5.41) is 5.01. The number of carbonyl (C=O) groups is 2. The minimum atomic E-state index is -0.0856. The van der Waals surface area contributed by atoms with Crippen LogP contribution in [0, 0.1) is 5.92 Å². The Labute approximate surface area is 129 Å². The molecule has 0 aromatic heterocycles. The fourth-order valence-corrected chi connectivity index (χ4v) is 3.29. The molecule has 2 aromatic rings. The molecule has 1 N–H and O–H groups in total. The lowest BCUT2D eigenvalue weighted by atomic mass is 10.1. The van der Waals surface area contributed by atoms with E-state index in [0.717, 1.165) is 16.5 Å². The van der Waals surface area contributed by atoms with Gasteiger partial charge in [-0.15, -0.1) is 0 Å². The molecule has 4 nitrogen and oxygen atoms in total. The molecule has 112 valence electrons. The van der Waals surface area contributed by atoms with Crippen LogP contribution in [0.1, 0.15) is 30.1 Å². The van der Waals surface area contributed by atoms with Crippen LogP contribution < -0.4 is 10.2 Å². The molecule has 0 spiro atoms. The zero-order valence-corrected chi connectivity index (χ0v) is 12.5. The first-order valence-electron chi connectivity index (χ1n) is 7.78. The third-order valence-electron chi connectivity index (χ3n) is 4.67. The maximum absolute atomic E-state index is 12.6. The highest BCUT2D eigenvalue weighted by atomic mass is 16.2. The minimum Gasteiger partial charge on any atom is -0.352 e. The van der Waals surface area contributed by atoms with Gasteiger partial charge in [0, 0.05) is 17.0 Å². The van der Waals surface area contributed by atoms with E-state index in [4.69, 9.17) is 0 Å². The number of amides is 2. The maximum atomic E-state index is 12.6. The van der Waals surface area contributed by atoms with Crippen LogP contribution in [-0.2, 0) is 4.79 Å². The molecule has 2 aromatic carbocycles. The summed E-state index contributed by atoms with van der Waals surface area (Å²) in [6.07, 6.45) is 2.38. The van der Waals surface area contributed by atoms with E-state index in [1.165, 1.54) is 12.8 Å². The number of nitrogens with one attached hydrogen (secondary N) is 1. The maximum Gasteiger partial charge on any atom is 0.259 e. The lowest BCUT2D eigenvalue weighted by Gasteiger charge is -2.19. The summed E-state index contributed by atoms with van der Waals surface area (Å²) < 4.78 is 0. The van der Waals surface area contributed by atoms with Gasteiger partial charge in [0.25, 0.3) is 5.91 Å². The predicted octanol–water partition coefficient (Wildman–Crippen LogP) is 2.71. The van der Waals surface area contributed by atoms with Gasteiger partial charge in [-0.2, -0.15) is 0 Å². The van der Waals surface area contributed by atoms with Crippen LogP contribution in [0.3, 0.4) is 0 Å². The summed E-state index contributed by atoms with van der Waals surface area (Å²) >= 11 is 0. The van der Waals surface area contributed by atoms with Crippen LogP contribution in [-0.4, -0.2) is 24.4 Å². The van der Waals surface area contributed by atoms with Gasteiger partial charge in [-0.3, -0.25) is 14.5 Å². The van der Waals surface area contributed by atoms with Crippen molar-refractivity contribution in [1.82, 2.24) is 5.32 Å². The molecule has 2 aliphatic rings. The van der Waals surface area contributed by atoms with Crippen molar-refractivity contribution in [2.75, 3.05) is 11.4 Å². The second-order valence-electron chi connectivity index (χ2n) is 6.27. The largest absolute Gasteiger partial charge is 0.352 e. The van der Waals surface area contributed by atoms with E-state index >= 15 is 0 Å². The number of anilines is 1. The highest BCUT2D eigenvalue weighted by molar-refractivity contribution is 6.26. The summed E-state index contributed by atoms with van der Waals surface area (Å²) in [5.74, 6) is 0.442. The number of hydrogen-bond acceptors (Lipinski definition) is 2. The molecule has 4 rings (SSSR count). The van der Waals surface area contributed by atoms with Crippen LogP contribution >= 0.6 is 0 Å². The van der Waals surface area contributed by atoms with Crippen LogP contribution in [0.5, 0.6) is 0 Å². The number of nitrogens with zero attached hydrogens (tertiary/aromatic N) is 1. The Kier molecular flexibility index (Phi) is 2.93.